The maximum atomic E-state index is 12.2. The Hall–Kier alpha value is -2.73. The maximum absolute atomic E-state index is 12.2. The van der Waals surface area contributed by atoms with Crippen LogP contribution in [0.5, 0.6) is 0 Å². The van der Waals surface area contributed by atoms with Crippen molar-refractivity contribution in [2.75, 3.05) is 13.2 Å². The van der Waals surface area contributed by atoms with Gasteiger partial charge in [0, 0.05) is 11.0 Å². The molecule has 2 amide bonds. The first-order chi connectivity index (χ1) is 11.6. The fourth-order valence-electron chi connectivity index (χ4n) is 2.43. The molecule has 1 aromatic carbocycles. The van der Waals surface area contributed by atoms with Gasteiger partial charge in [-0.15, -0.1) is 11.3 Å². The number of carbonyl (C=O) groups excluding carboxylic acids is 3. The number of nitrogens with zero attached hydrogens (tertiary/aromatic N) is 1. The Morgan fingerprint density at radius 1 is 1.17 bits per heavy atom. The minimum absolute atomic E-state index is 0.0297. The van der Waals surface area contributed by atoms with Crippen LogP contribution < -0.4 is 0 Å². The first kappa shape index (κ1) is 16.1. The van der Waals surface area contributed by atoms with Crippen molar-refractivity contribution in [1.29, 1.82) is 0 Å². The third kappa shape index (κ3) is 3.14. The normalized spacial score (nSPS) is 13.6. The van der Waals surface area contributed by atoms with Crippen molar-refractivity contribution in [2.24, 2.45) is 0 Å². The van der Waals surface area contributed by atoms with Gasteiger partial charge in [-0.2, -0.15) is 0 Å². The predicted octanol–water partition coefficient (Wildman–Crippen LogP) is 2.91. The maximum Gasteiger partial charge on any atom is 0.330 e. The number of carbonyl (C=O) groups is 3. The van der Waals surface area contributed by atoms with Crippen LogP contribution in [0.3, 0.4) is 0 Å². The van der Waals surface area contributed by atoms with E-state index in [1.165, 1.54) is 17.4 Å². The zero-order valence-electron chi connectivity index (χ0n) is 13.0. The second kappa shape index (κ2) is 6.80. The molecule has 0 fully saturated rings. The summed E-state index contributed by atoms with van der Waals surface area (Å²) in [6, 6.07) is 8.63. The van der Waals surface area contributed by atoms with E-state index < -0.39 is 5.97 Å². The standard InChI is InChI=1S/C18H15NO4S/c1-12-8-11-24-15(12)6-7-16(20)23-10-9-19-17(21)13-4-2-3-5-14(13)18(19)22/h2-8,11H,9-10H2,1H3/b7-6+. The van der Waals surface area contributed by atoms with Gasteiger partial charge in [-0.1, -0.05) is 12.1 Å². The van der Waals surface area contributed by atoms with Gasteiger partial charge in [-0.3, -0.25) is 14.5 Å². The molecule has 3 rings (SSSR count). The van der Waals surface area contributed by atoms with Crippen LogP contribution in [0.2, 0.25) is 0 Å². The van der Waals surface area contributed by atoms with E-state index in [1.54, 1.807) is 30.3 Å². The summed E-state index contributed by atoms with van der Waals surface area (Å²) in [5, 5.41) is 1.95. The third-order valence-electron chi connectivity index (χ3n) is 3.71. The molecule has 0 bridgehead atoms. The lowest BCUT2D eigenvalue weighted by Gasteiger charge is -2.13. The molecule has 6 heteroatoms. The highest BCUT2D eigenvalue weighted by Gasteiger charge is 2.34. The summed E-state index contributed by atoms with van der Waals surface area (Å²) in [6.07, 6.45) is 3.05. The molecule has 2 aromatic rings. The zero-order chi connectivity index (χ0) is 17.1. The van der Waals surface area contributed by atoms with Gasteiger partial charge in [0.05, 0.1) is 17.7 Å². The van der Waals surface area contributed by atoms with Crippen LogP contribution in [-0.2, 0) is 9.53 Å². The lowest BCUT2D eigenvalue weighted by Crippen LogP contribution is -2.33. The molecule has 0 unspecified atom stereocenters. The SMILES string of the molecule is Cc1ccsc1/C=C/C(=O)OCCN1C(=O)c2ccccc2C1=O. The molecule has 0 radical (unpaired) electrons. The number of hydrogen-bond donors (Lipinski definition) is 0. The smallest absolute Gasteiger partial charge is 0.330 e. The Morgan fingerprint density at radius 3 is 2.42 bits per heavy atom. The Labute approximate surface area is 143 Å². The van der Waals surface area contributed by atoms with Crippen molar-refractivity contribution in [3.8, 4) is 0 Å². The topological polar surface area (TPSA) is 63.7 Å². The van der Waals surface area contributed by atoms with E-state index in [1.807, 2.05) is 18.4 Å². The minimum Gasteiger partial charge on any atom is -0.461 e. The molecular weight excluding hydrogens is 326 g/mol. The van der Waals surface area contributed by atoms with Crippen molar-refractivity contribution in [3.63, 3.8) is 0 Å². The summed E-state index contributed by atoms with van der Waals surface area (Å²) in [6.45, 7) is 1.98. The van der Waals surface area contributed by atoms with Crippen LogP contribution in [0.4, 0.5) is 0 Å². The van der Waals surface area contributed by atoms with E-state index in [-0.39, 0.29) is 25.0 Å². The summed E-state index contributed by atoms with van der Waals surface area (Å²) in [5.74, 6) is -1.20. The van der Waals surface area contributed by atoms with E-state index in [4.69, 9.17) is 4.74 Å². The number of rotatable bonds is 5. The van der Waals surface area contributed by atoms with Gasteiger partial charge >= 0.3 is 5.97 Å². The largest absolute Gasteiger partial charge is 0.461 e. The van der Waals surface area contributed by atoms with E-state index in [9.17, 15) is 14.4 Å². The molecule has 24 heavy (non-hydrogen) atoms. The van der Waals surface area contributed by atoms with Crippen molar-refractivity contribution in [2.45, 2.75) is 6.92 Å². The molecule has 0 spiro atoms. The molecule has 0 saturated heterocycles. The van der Waals surface area contributed by atoms with Crippen molar-refractivity contribution in [1.82, 2.24) is 4.90 Å². The Balaban J connectivity index is 1.53. The van der Waals surface area contributed by atoms with Gasteiger partial charge in [0.1, 0.15) is 6.61 Å². The van der Waals surface area contributed by atoms with Crippen LogP contribution in [0, 0.1) is 6.92 Å². The van der Waals surface area contributed by atoms with Gasteiger partial charge in [0.15, 0.2) is 0 Å². The zero-order valence-corrected chi connectivity index (χ0v) is 13.8. The van der Waals surface area contributed by atoms with E-state index in [0.29, 0.717) is 11.1 Å². The highest BCUT2D eigenvalue weighted by Crippen LogP contribution is 2.22. The van der Waals surface area contributed by atoms with Gasteiger partial charge in [-0.25, -0.2) is 4.79 Å². The number of esters is 1. The van der Waals surface area contributed by atoms with Gasteiger partial charge in [-0.05, 0) is 42.1 Å². The van der Waals surface area contributed by atoms with Gasteiger partial charge in [0.2, 0.25) is 0 Å². The number of imide groups is 1. The molecule has 1 aliphatic heterocycles. The molecule has 0 saturated carbocycles. The number of benzene rings is 1. The molecule has 5 nitrogen and oxygen atoms in total. The number of aryl methyl sites for hydroxylation is 1. The van der Waals surface area contributed by atoms with E-state index >= 15 is 0 Å². The Kier molecular flexibility index (Phi) is 4.57. The lowest BCUT2D eigenvalue weighted by molar-refractivity contribution is -0.137. The van der Waals surface area contributed by atoms with Crippen molar-refractivity contribution in [3.05, 3.63) is 63.4 Å². The van der Waals surface area contributed by atoms with Crippen LogP contribution >= 0.6 is 11.3 Å². The first-order valence-corrected chi connectivity index (χ1v) is 8.30. The van der Waals surface area contributed by atoms with Gasteiger partial charge < -0.3 is 4.74 Å². The summed E-state index contributed by atoms with van der Waals surface area (Å²) in [4.78, 5) is 38.1. The van der Waals surface area contributed by atoms with Crippen LogP contribution in [0.15, 0.2) is 41.8 Å². The highest BCUT2D eigenvalue weighted by molar-refractivity contribution is 7.11. The fourth-order valence-corrected chi connectivity index (χ4v) is 3.25. The van der Waals surface area contributed by atoms with Crippen LogP contribution in [0.1, 0.15) is 31.2 Å². The quantitative estimate of drug-likeness (QED) is 0.476. The summed E-state index contributed by atoms with van der Waals surface area (Å²) >= 11 is 1.54. The summed E-state index contributed by atoms with van der Waals surface area (Å²) in [7, 11) is 0. The average molecular weight is 341 g/mol. The summed E-state index contributed by atoms with van der Waals surface area (Å²) in [5.41, 5.74) is 1.87. The molecule has 2 heterocycles. The highest BCUT2D eigenvalue weighted by atomic mass is 32.1. The molecule has 1 aliphatic rings. The number of hydrogen-bond acceptors (Lipinski definition) is 5. The Morgan fingerprint density at radius 2 is 1.83 bits per heavy atom. The van der Waals surface area contributed by atoms with Gasteiger partial charge in [0.25, 0.3) is 11.8 Å². The average Bonchev–Trinajstić information content (AvgIpc) is 3.10. The monoisotopic (exact) mass is 341 g/mol. The number of fused-ring (bicyclic) bond motifs is 1. The number of thiophene rings is 1. The van der Waals surface area contributed by atoms with Crippen molar-refractivity contribution >= 4 is 35.2 Å². The molecule has 0 aliphatic carbocycles. The van der Waals surface area contributed by atoms with Crippen molar-refractivity contribution < 1.29 is 19.1 Å². The minimum atomic E-state index is -0.501. The lowest BCUT2D eigenvalue weighted by atomic mass is 10.1. The fraction of sp³-hybridized carbons (Fsp3) is 0.167. The Bertz CT molecular complexity index is 802. The number of ether oxygens (including phenoxy) is 1. The molecule has 122 valence electrons. The summed E-state index contributed by atoms with van der Waals surface area (Å²) < 4.78 is 5.07. The molecular formula is C18H15NO4S. The second-order valence-electron chi connectivity index (χ2n) is 5.28. The molecule has 0 atom stereocenters. The second-order valence-corrected chi connectivity index (χ2v) is 6.22. The first-order valence-electron chi connectivity index (χ1n) is 7.42. The van der Waals surface area contributed by atoms with E-state index in [2.05, 4.69) is 0 Å². The molecule has 1 aromatic heterocycles. The van der Waals surface area contributed by atoms with E-state index in [0.717, 1.165) is 15.3 Å². The van der Waals surface area contributed by atoms with Crippen LogP contribution in [-0.4, -0.2) is 35.8 Å². The molecule has 0 N–H and O–H groups in total. The third-order valence-corrected chi connectivity index (χ3v) is 4.69. The predicted molar refractivity (Wildman–Crippen MR) is 90.9 cm³/mol. The van der Waals surface area contributed by atoms with Crippen LogP contribution in [0.25, 0.3) is 6.08 Å². The number of amides is 2.